The lowest BCUT2D eigenvalue weighted by molar-refractivity contribution is 0.0786. The maximum absolute atomic E-state index is 12.2. The third kappa shape index (κ3) is 5.43. The van der Waals surface area contributed by atoms with Crippen molar-refractivity contribution in [2.24, 2.45) is 0 Å². The van der Waals surface area contributed by atoms with Gasteiger partial charge in [0.25, 0.3) is 5.91 Å². The quantitative estimate of drug-likeness (QED) is 0.816. The molecule has 1 aromatic rings. The molecule has 0 aromatic heterocycles. The molecule has 1 N–H and O–H groups in total. The van der Waals surface area contributed by atoms with Gasteiger partial charge in [-0.05, 0) is 38.4 Å². The Kier molecular flexibility index (Phi) is 6.78. The van der Waals surface area contributed by atoms with Crippen molar-refractivity contribution < 1.29 is 9.90 Å². The Balaban J connectivity index is 2.64. The molecule has 108 valence electrons. The Morgan fingerprint density at radius 3 is 2.35 bits per heavy atom. The van der Waals surface area contributed by atoms with Crippen LogP contribution in [0.3, 0.4) is 0 Å². The predicted molar refractivity (Wildman–Crippen MR) is 80.5 cm³/mol. The zero-order valence-electron chi connectivity index (χ0n) is 12.4. The van der Waals surface area contributed by atoms with Crippen LogP contribution >= 0.6 is 0 Å². The lowest BCUT2D eigenvalue weighted by Gasteiger charge is -2.19. The van der Waals surface area contributed by atoms with E-state index < -0.39 is 0 Å². The second kappa shape index (κ2) is 8.36. The van der Waals surface area contributed by atoms with E-state index in [0.29, 0.717) is 18.5 Å². The Morgan fingerprint density at radius 1 is 1.15 bits per heavy atom. The topological polar surface area (TPSA) is 43.8 Å². The molecule has 0 saturated heterocycles. The highest BCUT2D eigenvalue weighted by Crippen LogP contribution is 2.06. The summed E-state index contributed by atoms with van der Waals surface area (Å²) < 4.78 is 0. The molecule has 0 radical (unpaired) electrons. The molecule has 1 rings (SSSR count). The van der Waals surface area contributed by atoms with Crippen LogP contribution in [0.2, 0.25) is 0 Å². The zero-order chi connectivity index (χ0) is 15.0. The van der Waals surface area contributed by atoms with Gasteiger partial charge in [0.15, 0.2) is 0 Å². The third-order valence-electron chi connectivity index (χ3n) is 2.83. The number of hydrogen-bond acceptors (Lipinski definition) is 3. The molecule has 4 nitrogen and oxygen atoms in total. The molecule has 20 heavy (non-hydrogen) atoms. The number of rotatable bonds is 5. The molecule has 0 aliphatic heterocycles. The molecule has 1 aromatic carbocycles. The summed E-state index contributed by atoms with van der Waals surface area (Å²) >= 11 is 0. The molecule has 4 heteroatoms. The lowest BCUT2D eigenvalue weighted by atomic mass is 10.1. The highest BCUT2D eigenvalue weighted by atomic mass is 16.2. The number of aliphatic hydroxyl groups is 1. The summed E-state index contributed by atoms with van der Waals surface area (Å²) in [4.78, 5) is 15.9. The fourth-order valence-corrected chi connectivity index (χ4v) is 1.59. The lowest BCUT2D eigenvalue weighted by Crippen LogP contribution is -2.33. The monoisotopic (exact) mass is 274 g/mol. The molecule has 0 saturated carbocycles. The van der Waals surface area contributed by atoms with Gasteiger partial charge in [-0.1, -0.05) is 11.8 Å². The summed E-state index contributed by atoms with van der Waals surface area (Å²) in [6, 6.07) is 7.24. The Hall–Kier alpha value is -1.83. The van der Waals surface area contributed by atoms with Crippen LogP contribution < -0.4 is 0 Å². The number of carbonyl (C=O) groups excluding carboxylic acids is 1. The van der Waals surface area contributed by atoms with Crippen LogP contribution in [0.1, 0.15) is 22.3 Å². The van der Waals surface area contributed by atoms with Crippen molar-refractivity contribution in [3.8, 4) is 11.8 Å². The number of hydrogen-bond donors (Lipinski definition) is 1. The van der Waals surface area contributed by atoms with Gasteiger partial charge in [0.2, 0.25) is 0 Å². The number of aliphatic hydroxyl groups excluding tert-OH is 1. The van der Waals surface area contributed by atoms with E-state index in [-0.39, 0.29) is 12.5 Å². The first-order chi connectivity index (χ1) is 9.54. The minimum absolute atomic E-state index is 0.0155. The summed E-state index contributed by atoms with van der Waals surface area (Å²) in [5, 5.41) is 8.66. The highest BCUT2D eigenvalue weighted by molar-refractivity contribution is 5.94. The molecule has 0 spiro atoms. The molecule has 0 fully saturated rings. The van der Waals surface area contributed by atoms with Crippen LogP contribution in [0, 0.1) is 11.8 Å². The van der Waals surface area contributed by atoms with Gasteiger partial charge in [-0.3, -0.25) is 4.79 Å². The molecular formula is C16H22N2O2. The van der Waals surface area contributed by atoms with Crippen molar-refractivity contribution >= 4 is 5.91 Å². The van der Waals surface area contributed by atoms with Gasteiger partial charge in [0.05, 0.1) is 6.61 Å². The van der Waals surface area contributed by atoms with Gasteiger partial charge >= 0.3 is 0 Å². The second-order valence-electron chi connectivity index (χ2n) is 4.88. The van der Waals surface area contributed by atoms with Crippen molar-refractivity contribution in [3.05, 3.63) is 35.4 Å². The van der Waals surface area contributed by atoms with E-state index in [2.05, 4.69) is 11.8 Å². The Labute approximate surface area is 121 Å². The van der Waals surface area contributed by atoms with E-state index in [1.54, 1.807) is 24.1 Å². The summed E-state index contributed by atoms with van der Waals surface area (Å²) in [5.74, 6) is 5.81. The first-order valence-corrected chi connectivity index (χ1v) is 6.64. The van der Waals surface area contributed by atoms with Crippen LogP contribution in [-0.2, 0) is 0 Å². The summed E-state index contributed by atoms with van der Waals surface area (Å²) in [6.45, 7) is 1.61. The summed E-state index contributed by atoms with van der Waals surface area (Å²) in [7, 11) is 5.77. The van der Waals surface area contributed by atoms with Crippen LogP contribution in [0.5, 0.6) is 0 Å². The second-order valence-corrected chi connectivity index (χ2v) is 4.88. The van der Waals surface area contributed by atoms with Gasteiger partial charge in [-0.15, -0.1) is 0 Å². The van der Waals surface area contributed by atoms with Crippen molar-refractivity contribution in [2.45, 2.75) is 6.42 Å². The molecule has 0 atom stereocenters. The number of amides is 1. The number of likely N-dealkylation sites (N-methyl/N-ethyl adjacent to an activating group) is 2. The van der Waals surface area contributed by atoms with Gasteiger partial charge in [-0.2, -0.15) is 0 Å². The average molecular weight is 274 g/mol. The number of benzene rings is 1. The SMILES string of the molecule is CN(C)CCN(C)C(=O)c1ccc(C#CCCO)cc1. The van der Waals surface area contributed by atoms with E-state index in [1.165, 1.54) is 0 Å². The molecule has 0 heterocycles. The maximum Gasteiger partial charge on any atom is 0.253 e. The zero-order valence-corrected chi connectivity index (χ0v) is 12.4. The average Bonchev–Trinajstić information content (AvgIpc) is 2.45. The normalized spacial score (nSPS) is 10.1. The largest absolute Gasteiger partial charge is 0.395 e. The van der Waals surface area contributed by atoms with Gasteiger partial charge in [0, 0.05) is 37.7 Å². The number of nitrogens with zero attached hydrogens (tertiary/aromatic N) is 2. The molecule has 0 bridgehead atoms. The smallest absolute Gasteiger partial charge is 0.253 e. The van der Waals surface area contributed by atoms with Crippen LogP contribution in [0.4, 0.5) is 0 Å². The summed E-state index contributed by atoms with van der Waals surface area (Å²) in [5.41, 5.74) is 1.52. The molecular weight excluding hydrogens is 252 g/mol. The van der Waals surface area contributed by atoms with Crippen LogP contribution in [0.25, 0.3) is 0 Å². The van der Waals surface area contributed by atoms with E-state index in [4.69, 9.17) is 5.11 Å². The minimum Gasteiger partial charge on any atom is -0.395 e. The van der Waals surface area contributed by atoms with Gasteiger partial charge in [0.1, 0.15) is 0 Å². The highest BCUT2D eigenvalue weighted by Gasteiger charge is 2.11. The fourth-order valence-electron chi connectivity index (χ4n) is 1.59. The summed E-state index contributed by atoms with van der Waals surface area (Å²) in [6.07, 6.45) is 0.466. The molecule has 0 aliphatic carbocycles. The Morgan fingerprint density at radius 2 is 1.80 bits per heavy atom. The van der Waals surface area contributed by atoms with E-state index in [0.717, 1.165) is 12.1 Å². The van der Waals surface area contributed by atoms with Crippen molar-refractivity contribution in [3.63, 3.8) is 0 Å². The fraction of sp³-hybridized carbons (Fsp3) is 0.438. The predicted octanol–water partition coefficient (Wildman–Crippen LogP) is 1.05. The first-order valence-electron chi connectivity index (χ1n) is 6.64. The minimum atomic E-state index is 0.0155. The van der Waals surface area contributed by atoms with Crippen molar-refractivity contribution in [2.75, 3.05) is 40.8 Å². The van der Waals surface area contributed by atoms with E-state index in [9.17, 15) is 4.79 Å². The third-order valence-corrected chi connectivity index (χ3v) is 2.83. The van der Waals surface area contributed by atoms with Crippen molar-refractivity contribution in [1.29, 1.82) is 0 Å². The van der Waals surface area contributed by atoms with Crippen molar-refractivity contribution in [1.82, 2.24) is 9.80 Å². The molecule has 0 unspecified atom stereocenters. The number of carbonyl (C=O) groups is 1. The first kappa shape index (κ1) is 16.2. The maximum atomic E-state index is 12.2. The van der Waals surface area contributed by atoms with Crippen LogP contribution in [0.15, 0.2) is 24.3 Å². The van der Waals surface area contributed by atoms with Crippen LogP contribution in [-0.4, -0.2) is 61.7 Å². The van der Waals surface area contributed by atoms with Gasteiger partial charge in [-0.25, -0.2) is 0 Å². The molecule has 1 amide bonds. The Bertz CT molecular complexity index is 483. The van der Waals surface area contributed by atoms with E-state index in [1.807, 2.05) is 31.1 Å². The van der Waals surface area contributed by atoms with E-state index >= 15 is 0 Å². The van der Waals surface area contributed by atoms with Gasteiger partial charge < -0.3 is 14.9 Å². The molecule has 0 aliphatic rings. The standard InChI is InChI=1S/C16H22N2O2/c1-17(2)11-12-18(3)16(20)15-9-7-14(8-10-15)6-4-5-13-19/h7-10,19H,5,11-13H2,1-3H3.